The van der Waals surface area contributed by atoms with Gasteiger partial charge in [-0.3, -0.25) is 0 Å². The molecule has 7 heteroatoms. The molecule has 3 heterocycles. The van der Waals surface area contributed by atoms with E-state index < -0.39 is 0 Å². The van der Waals surface area contributed by atoms with Gasteiger partial charge < -0.3 is 16.0 Å². The summed E-state index contributed by atoms with van der Waals surface area (Å²) in [5, 5.41) is 8.64. The van der Waals surface area contributed by atoms with E-state index in [1.807, 2.05) is 30.8 Å². The summed E-state index contributed by atoms with van der Waals surface area (Å²) < 4.78 is 1.94. The van der Waals surface area contributed by atoms with Crippen LogP contribution in [0.15, 0.2) is 24.5 Å². The quantitative estimate of drug-likeness (QED) is 0.682. The molecule has 1 aliphatic rings. The normalized spacial score (nSPS) is 16.9. The molecule has 0 bridgehead atoms. The van der Waals surface area contributed by atoms with Crippen molar-refractivity contribution in [2.45, 2.75) is 19.9 Å². The first-order chi connectivity index (χ1) is 13.5. The summed E-state index contributed by atoms with van der Waals surface area (Å²) >= 11 is 0. The van der Waals surface area contributed by atoms with Crippen LogP contribution >= 0.6 is 0 Å². The van der Waals surface area contributed by atoms with E-state index in [-0.39, 0.29) is 0 Å². The molecule has 2 aromatic heterocycles. The Morgan fingerprint density at radius 1 is 1.29 bits per heavy atom. The second-order valence-corrected chi connectivity index (χ2v) is 7.43. The molecule has 1 unspecified atom stereocenters. The average molecular weight is 375 g/mol. The molecule has 7 nitrogen and oxygen atoms in total. The van der Waals surface area contributed by atoms with Gasteiger partial charge in [-0.2, -0.15) is 5.10 Å². The number of aryl methyl sites for hydroxylation is 1. The molecule has 0 radical (unpaired) electrons. The fraction of sp³-hybridized carbons (Fsp3) is 0.381. The van der Waals surface area contributed by atoms with Crippen molar-refractivity contribution < 1.29 is 0 Å². The molecule has 3 N–H and O–H groups in total. The zero-order valence-corrected chi connectivity index (χ0v) is 16.5. The number of nitrogens with one attached hydrogen (secondary N) is 1. The summed E-state index contributed by atoms with van der Waals surface area (Å²) in [6.45, 7) is 5.05. The van der Waals surface area contributed by atoms with Gasteiger partial charge in [0.05, 0.1) is 5.39 Å². The lowest BCUT2D eigenvalue weighted by Gasteiger charge is -2.10. The summed E-state index contributed by atoms with van der Waals surface area (Å²) in [4.78, 5) is 10.9. The zero-order chi connectivity index (χ0) is 19.7. The van der Waals surface area contributed by atoms with Gasteiger partial charge in [0.2, 0.25) is 0 Å². The molecule has 0 saturated carbocycles. The number of hydrogen-bond acceptors (Lipinski definition) is 6. The minimum absolute atomic E-state index is 0.421. The molecule has 1 aromatic carbocycles. The van der Waals surface area contributed by atoms with E-state index in [1.165, 1.54) is 6.33 Å². The molecule has 1 fully saturated rings. The van der Waals surface area contributed by atoms with Crippen LogP contribution in [0.25, 0.3) is 11.0 Å². The highest BCUT2D eigenvalue weighted by molar-refractivity contribution is 5.90. The fourth-order valence-corrected chi connectivity index (χ4v) is 3.70. The lowest BCUT2D eigenvalue weighted by Crippen LogP contribution is -2.17. The Bertz CT molecular complexity index is 1070. The second-order valence-electron chi connectivity index (χ2n) is 7.43. The molecular weight excluding hydrogens is 350 g/mol. The Labute approximate surface area is 165 Å². The number of benzene rings is 1. The predicted octanol–water partition coefficient (Wildman–Crippen LogP) is 2.11. The Hall–Kier alpha value is -3.11. The van der Waals surface area contributed by atoms with Crippen LogP contribution in [0.2, 0.25) is 0 Å². The van der Waals surface area contributed by atoms with Crippen LogP contribution < -0.4 is 11.1 Å². The number of nitrogen functional groups attached to an aromatic ring is 1. The third kappa shape index (κ3) is 3.51. The lowest BCUT2D eigenvalue weighted by molar-refractivity contribution is 0.372. The largest absolute Gasteiger partial charge is 0.388 e. The van der Waals surface area contributed by atoms with Crippen LogP contribution in [0, 0.1) is 24.7 Å². The van der Waals surface area contributed by atoms with E-state index in [1.54, 1.807) is 0 Å². The van der Waals surface area contributed by atoms with Crippen LogP contribution in [0.1, 0.15) is 23.2 Å². The Morgan fingerprint density at radius 2 is 2.14 bits per heavy atom. The van der Waals surface area contributed by atoms with Crippen LogP contribution in [0.3, 0.4) is 0 Å². The Morgan fingerprint density at radius 3 is 2.89 bits per heavy atom. The number of likely N-dealkylation sites (tertiary alicyclic amines) is 1. The molecule has 0 spiro atoms. The average Bonchev–Trinajstić information content (AvgIpc) is 3.26. The number of nitrogens with zero attached hydrogens (tertiary/aromatic N) is 5. The maximum atomic E-state index is 6.15. The molecule has 3 aromatic rings. The third-order valence-electron chi connectivity index (χ3n) is 5.32. The summed E-state index contributed by atoms with van der Waals surface area (Å²) in [5.41, 5.74) is 10.7. The highest BCUT2D eigenvalue weighted by Crippen LogP contribution is 2.24. The minimum Gasteiger partial charge on any atom is -0.388 e. The van der Waals surface area contributed by atoms with Gasteiger partial charge in [0, 0.05) is 31.4 Å². The highest BCUT2D eigenvalue weighted by atomic mass is 15.3. The minimum atomic E-state index is 0.421. The Balaban J connectivity index is 1.74. The van der Waals surface area contributed by atoms with Crippen molar-refractivity contribution >= 4 is 22.5 Å². The topological polar surface area (TPSA) is 84.9 Å². The molecule has 144 valence electrons. The van der Waals surface area contributed by atoms with Crippen molar-refractivity contribution in [2.24, 2.45) is 5.92 Å². The van der Waals surface area contributed by atoms with E-state index in [4.69, 9.17) is 10.8 Å². The molecule has 0 amide bonds. The number of fused-ring (bicyclic) bond motifs is 1. The molecule has 0 aliphatic carbocycles. The smallest absolute Gasteiger partial charge is 0.164 e. The fourth-order valence-electron chi connectivity index (χ4n) is 3.70. The molecule has 28 heavy (non-hydrogen) atoms. The number of aromatic nitrogens is 4. The zero-order valence-electron chi connectivity index (χ0n) is 16.5. The third-order valence-corrected chi connectivity index (χ3v) is 5.32. The van der Waals surface area contributed by atoms with Crippen LogP contribution in [-0.2, 0) is 6.54 Å². The first kappa shape index (κ1) is 18.3. The van der Waals surface area contributed by atoms with Crippen molar-refractivity contribution in [2.75, 3.05) is 38.2 Å². The van der Waals surface area contributed by atoms with Crippen molar-refractivity contribution in [3.63, 3.8) is 0 Å². The molecular formula is C21H25N7. The molecule has 4 rings (SSSR count). The van der Waals surface area contributed by atoms with Gasteiger partial charge in [-0.05, 0) is 56.5 Å². The van der Waals surface area contributed by atoms with Crippen molar-refractivity contribution in [1.82, 2.24) is 24.6 Å². The number of anilines is 2. The Kier molecular flexibility index (Phi) is 4.88. The van der Waals surface area contributed by atoms with Crippen LogP contribution in [0.4, 0.5) is 11.5 Å². The maximum absolute atomic E-state index is 6.15. The van der Waals surface area contributed by atoms with Gasteiger partial charge in [-0.1, -0.05) is 12.0 Å². The molecule has 1 aliphatic heterocycles. The van der Waals surface area contributed by atoms with E-state index in [2.05, 4.69) is 45.1 Å². The SMILES string of the molecule is CNc1ccc(C)c(C#Cc2nn(CC3CCN(C)C3)c3ncnc(N)c23)c1. The van der Waals surface area contributed by atoms with Gasteiger partial charge in [-0.25, -0.2) is 14.6 Å². The van der Waals surface area contributed by atoms with Gasteiger partial charge in [0.25, 0.3) is 0 Å². The lowest BCUT2D eigenvalue weighted by atomic mass is 10.1. The predicted molar refractivity (Wildman–Crippen MR) is 112 cm³/mol. The highest BCUT2D eigenvalue weighted by Gasteiger charge is 2.22. The van der Waals surface area contributed by atoms with Crippen molar-refractivity contribution in [3.05, 3.63) is 41.3 Å². The van der Waals surface area contributed by atoms with E-state index in [0.29, 0.717) is 17.4 Å². The van der Waals surface area contributed by atoms with Gasteiger partial charge in [0.1, 0.15) is 17.8 Å². The number of hydrogen-bond donors (Lipinski definition) is 2. The van der Waals surface area contributed by atoms with Gasteiger partial charge in [0.15, 0.2) is 5.65 Å². The number of nitrogens with two attached hydrogens (primary N) is 1. The van der Waals surface area contributed by atoms with E-state index in [9.17, 15) is 0 Å². The molecule has 1 saturated heterocycles. The first-order valence-electron chi connectivity index (χ1n) is 9.51. The standard InChI is InChI=1S/C21H25N7/c1-14-4-6-17(23-2)10-16(14)5-7-18-19-20(22)24-13-25-21(19)28(26-18)12-15-8-9-27(3)11-15/h4,6,10,13,15,23H,8-9,11-12H2,1-3H3,(H2,22,24,25). The van der Waals surface area contributed by atoms with Crippen LogP contribution in [-0.4, -0.2) is 51.8 Å². The van der Waals surface area contributed by atoms with Crippen LogP contribution in [0.5, 0.6) is 0 Å². The van der Waals surface area contributed by atoms with Gasteiger partial charge in [-0.15, -0.1) is 0 Å². The second kappa shape index (κ2) is 7.49. The first-order valence-corrected chi connectivity index (χ1v) is 9.51. The monoisotopic (exact) mass is 375 g/mol. The number of rotatable bonds is 3. The van der Waals surface area contributed by atoms with E-state index in [0.717, 1.165) is 53.9 Å². The van der Waals surface area contributed by atoms with Crippen molar-refractivity contribution in [3.8, 4) is 11.8 Å². The maximum Gasteiger partial charge on any atom is 0.164 e. The van der Waals surface area contributed by atoms with E-state index >= 15 is 0 Å². The summed E-state index contributed by atoms with van der Waals surface area (Å²) in [7, 11) is 4.05. The molecule has 1 atom stereocenters. The van der Waals surface area contributed by atoms with Gasteiger partial charge >= 0.3 is 0 Å². The summed E-state index contributed by atoms with van der Waals surface area (Å²) in [6.07, 6.45) is 2.66. The van der Waals surface area contributed by atoms with Crippen molar-refractivity contribution in [1.29, 1.82) is 0 Å². The summed E-state index contributed by atoms with van der Waals surface area (Å²) in [6, 6.07) is 6.13. The summed E-state index contributed by atoms with van der Waals surface area (Å²) in [5.74, 6) is 7.44.